The first-order valence-electron chi connectivity index (χ1n) is 9.49. The van der Waals surface area contributed by atoms with Crippen LogP contribution >= 0.6 is 0 Å². The maximum Gasteiger partial charge on any atom is 0.338 e. The lowest BCUT2D eigenvalue weighted by Crippen LogP contribution is -2.55. The molecule has 2 aliphatic heterocycles. The third kappa shape index (κ3) is 4.92. The number of amides is 2. The zero-order chi connectivity index (χ0) is 21.2. The van der Waals surface area contributed by atoms with E-state index >= 15 is 0 Å². The summed E-state index contributed by atoms with van der Waals surface area (Å²) in [5.41, 5.74) is 0.407. The van der Waals surface area contributed by atoms with Crippen molar-refractivity contribution >= 4 is 29.2 Å². The lowest BCUT2D eigenvalue weighted by atomic mass is 10.1. The van der Waals surface area contributed by atoms with Crippen molar-refractivity contribution in [2.45, 2.75) is 38.6 Å². The minimum atomic E-state index is -1.73. The van der Waals surface area contributed by atoms with E-state index in [1.807, 2.05) is 0 Å². The van der Waals surface area contributed by atoms with Crippen LogP contribution in [0, 0.1) is 0 Å². The van der Waals surface area contributed by atoms with Crippen LogP contribution in [0.4, 0.5) is 11.4 Å². The van der Waals surface area contributed by atoms with Crippen LogP contribution in [0.3, 0.4) is 0 Å². The number of hydrogen-bond donors (Lipinski definition) is 1. The quantitative estimate of drug-likeness (QED) is 0.725. The first-order chi connectivity index (χ1) is 13.7. The summed E-state index contributed by atoms with van der Waals surface area (Å²) in [5.74, 6) is -1.61. The average Bonchev–Trinajstić information content (AvgIpc) is 2.67. The lowest BCUT2D eigenvalue weighted by Gasteiger charge is -2.35. The molecule has 2 saturated heterocycles. The summed E-state index contributed by atoms with van der Waals surface area (Å²) in [7, 11) is 0. The Morgan fingerprint density at radius 1 is 1.17 bits per heavy atom. The van der Waals surface area contributed by atoms with Crippen molar-refractivity contribution in [3.05, 3.63) is 24.3 Å². The van der Waals surface area contributed by atoms with Gasteiger partial charge in [-0.25, -0.2) is 4.79 Å². The molecule has 2 heterocycles. The highest BCUT2D eigenvalue weighted by molar-refractivity contribution is 6.01. The Balaban J connectivity index is 1.77. The van der Waals surface area contributed by atoms with Gasteiger partial charge in [0.1, 0.15) is 12.2 Å². The van der Waals surface area contributed by atoms with Crippen molar-refractivity contribution in [3.8, 4) is 0 Å². The number of ether oxygens (including phenoxy) is 3. The first-order valence-corrected chi connectivity index (χ1v) is 9.49. The van der Waals surface area contributed by atoms with Crippen molar-refractivity contribution in [1.29, 1.82) is 0 Å². The molecule has 1 N–H and O–H groups in total. The number of nitrogens with zero attached hydrogens (tertiary/aromatic N) is 2. The number of hydrogen-bond acceptors (Lipinski definition) is 7. The molecule has 158 valence electrons. The molecule has 29 heavy (non-hydrogen) atoms. The minimum Gasteiger partial charge on any atom is -0.458 e. The van der Waals surface area contributed by atoms with Gasteiger partial charge in [0.15, 0.2) is 12.2 Å². The highest BCUT2D eigenvalue weighted by atomic mass is 16.6. The van der Waals surface area contributed by atoms with Gasteiger partial charge in [0.25, 0.3) is 11.8 Å². The molecule has 9 nitrogen and oxygen atoms in total. The van der Waals surface area contributed by atoms with E-state index in [4.69, 9.17) is 14.2 Å². The van der Waals surface area contributed by atoms with E-state index < -0.39 is 29.7 Å². The Kier molecular flexibility index (Phi) is 6.21. The summed E-state index contributed by atoms with van der Waals surface area (Å²) < 4.78 is 15.7. The SMILES string of the molecule is CC(C)(C)OC(=O)C(O)[C@H]1OCCN(c2cccc(N3CCOCC3=O)c2)C1=O. The molecule has 0 radical (unpaired) electrons. The predicted molar refractivity (Wildman–Crippen MR) is 104 cm³/mol. The first kappa shape index (κ1) is 21.2. The molecule has 0 aromatic heterocycles. The number of benzene rings is 1. The molecular formula is C20H26N2O7. The Morgan fingerprint density at radius 3 is 2.48 bits per heavy atom. The molecule has 0 spiro atoms. The van der Waals surface area contributed by atoms with Crippen LogP contribution in [0.2, 0.25) is 0 Å². The fraction of sp³-hybridized carbons (Fsp3) is 0.550. The number of aliphatic hydroxyl groups excluding tert-OH is 1. The monoisotopic (exact) mass is 406 g/mol. The summed E-state index contributed by atoms with van der Waals surface area (Å²) in [5, 5.41) is 10.3. The smallest absolute Gasteiger partial charge is 0.338 e. The number of rotatable bonds is 4. The number of anilines is 2. The Hall–Kier alpha value is -2.49. The van der Waals surface area contributed by atoms with Crippen LogP contribution in [-0.2, 0) is 28.6 Å². The number of carbonyl (C=O) groups is 3. The van der Waals surface area contributed by atoms with E-state index in [-0.39, 0.29) is 25.7 Å². The van der Waals surface area contributed by atoms with Crippen LogP contribution < -0.4 is 9.80 Å². The van der Waals surface area contributed by atoms with Crippen molar-refractivity contribution in [3.63, 3.8) is 0 Å². The average molecular weight is 406 g/mol. The number of carbonyl (C=O) groups excluding carboxylic acids is 3. The Morgan fingerprint density at radius 2 is 1.83 bits per heavy atom. The van der Waals surface area contributed by atoms with Crippen LogP contribution in [0.1, 0.15) is 20.8 Å². The van der Waals surface area contributed by atoms with Crippen molar-refractivity contribution in [2.75, 3.05) is 42.7 Å². The molecule has 2 amide bonds. The van der Waals surface area contributed by atoms with Gasteiger partial charge in [-0.3, -0.25) is 9.59 Å². The van der Waals surface area contributed by atoms with Gasteiger partial charge >= 0.3 is 5.97 Å². The summed E-state index contributed by atoms with van der Waals surface area (Å²) >= 11 is 0. The molecule has 9 heteroatoms. The zero-order valence-corrected chi connectivity index (χ0v) is 16.8. The third-order valence-corrected chi connectivity index (χ3v) is 4.50. The van der Waals surface area contributed by atoms with Gasteiger partial charge in [0.05, 0.1) is 13.2 Å². The summed E-state index contributed by atoms with van der Waals surface area (Å²) in [4.78, 5) is 40.2. The summed E-state index contributed by atoms with van der Waals surface area (Å²) in [6.45, 7) is 6.32. The maximum atomic E-state index is 12.9. The van der Waals surface area contributed by atoms with E-state index in [0.29, 0.717) is 24.5 Å². The minimum absolute atomic E-state index is 0.0187. The van der Waals surface area contributed by atoms with Crippen LogP contribution in [0.15, 0.2) is 24.3 Å². The van der Waals surface area contributed by atoms with Gasteiger partial charge < -0.3 is 29.1 Å². The summed E-state index contributed by atoms with van der Waals surface area (Å²) in [6.07, 6.45) is -3.08. The van der Waals surface area contributed by atoms with E-state index in [1.54, 1.807) is 49.9 Å². The lowest BCUT2D eigenvalue weighted by molar-refractivity contribution is -0.177. The molecule has 2 fully saturated rings. The van der Waals surface area contributed by atoms with E-state index in [0.717, 1.165) is 0 Å². The van der Waals surface area contributed by atoms with Gasteiger partial charge in [-0.2, -0.15) is 0 Å². The fourth-order valence-corrected chi connectivity index (χ4v) is 3.19. The molecule has 1 unspecified atom stereocenters. The molecule has 2 atom stereocenters. The van der Waals surface area contributed by atoms with Crippen LogP contribution in [-0.4, -0.2) is 73.6 Å². The second-order valence-electron chi connectivity index (χ2n) is 7.88. The third-order valence-electron chi connectivity index (χ3n) is 4.50. The number of morpholine rings is 2. The maximum absolute atomic E-state index is 12.9. The van der Waals surface area contributed by atoms with E-state index in [1.165, 1.54) is 4.90 Å². The normalized spacial score (nSPS) is 21.9. The zero-order valence-electron chi connectivity index (χ0n) is 16.8. The highest BCUT2D eigenvalue weighted by Crippen LogP contribution is 2.26. The Bertz CT molecular complexity index is 789. The van der Waals surface area contributed by atoms with Gasteiger partial charge in [-0.05, 0) is 39.0 Å². The molecule has 3 rings (SSSR count). The second kappa shape index (κ2) is 8.48. The van der Waals surface area contributed by atoms with Gasteiger partial charge in [-0.15, -0.1) is 0 Å². The standard InChI is InChI=1S/C20H26N2O7/c1-20(2,3)29-19(26)16(24)17-18(25)22(8-10-28-17)14-6-4-5-13(11-14)21-7-9-27-12-15(21)23/h4-6,11,16-17,24H,7-10,12H2,1-3H3/t16?,17-/m1/s1. The van der Waals surface area contributed by atoms with Crippen molar-refractivity contribution < 1.29 is 33.7 Å². The molecule has 1 aromatic rings. The molecular weight excluding hydrogens is 380 g/mol. The van der Waals surface area contributed by atoms with Crippen LogP contribution in [0.25, 0.3) is 0 Å². The van der Waals surface area contributed by atoms with Gasteiger partial charge in [0, 0.05) is 24.5 Å². The fourth-order valence-electron chi connectivity index (χ4n) is 3.19. The summed E-state index contributed by atoms with van der Waals surface area (Å²) in [6, 6.07) is 6.98. The van der Waals surface area contributed by atoms with Crippen LogP contribution in [0.5, 0.6) is 0 Å². The van der Waals surface area contributed by atoms with Gasteiger partial charge in [0.2, 0.25) is 0 Å². The number of esters is 1. The molecule has 2 aliphatic rings. The van der Waals surface area contributed by atoms with Crippen molar-refractivity contribution in [2.24, 2.45) is 0 Å². The molecule has 0 saturated carbocycles. The molecule has 1 aromatic carbocycles. The topological polar surface area (TPSA) is 106 Å². The van der Waals surface area contributed by atoms with E-state index in [9.17, 15) is 19.5 Å². The largest absolute Gasteiger partial charge is 0.458 e. The molecule has 0 bridgehead atoms. The predicted octanol–water partition coefficient (Wildman–Crippen LogP) is 0.484. The highest BCUT2D eigenvalue weighted by Gasteiger charge is 2.41. The second-order valence-corrected chi connectivity index (χ2v) is 7.88. The van der Waals surface area contributed by atoms with Crippen molar-refractivity contribution in [1.82, 2.24) is 0 Å². The Labute approximate surface area is 169 Å². The van der Waals surface area contributed by atoms with E-state index in [2.05, 4.69) is 0 Å². The number of aliphatic hydroxyl groups is 1. The van der Waals surface area contributed by atoms with Gasteiger partial charge in [-0.1, -0.05) is 6.07 Å². The molecule has 0 aliphatic carbocycles.